The molecule has 1 aliphatic heterocycles. The number of aromatic nitrogens is 1. The number of rotatable bonds is 3. The first-order chi connectivity index (χ1) is 9.74. The zero-order chi connectivity index (χ0) is 13.9. The van der Waals surface area contributed by atoms with Gasteiger partial charge in [-0.25, -0.2) is 4.98 Å². The fourth-order valence-corrected chi connectivity index (χ4v) is 3.54. The summed E-state index contributed by atoms with van der Waals surface area (Å²) in [6.45, 7) is 9.71. The fourth-order valence-electron chi connectivity index (χ4n) is 2.56. The first kappa shape index (κ1) is 19.4. The number of hydrogen-bond donors (Lipinski definition) is 1. The maximum Gasteiger partial charge on any atom is 0.124 e. The normalized spacial score (nSPS) is 15.0. The van der Waals surface area contributed by atoms with Gasteiger partial charge in [-0.3, -0.25) is 4.90 Å². The minimum absolute atomic E-state index is 0. The van der Waals surface area contributed by atoms with Crippen molar-refractivity contribution in [2.24, 2.45) is 0 Å². The Morgan fingerprint density at radius 2 is 1.82 bits per heavy atom. The van der Waals surface area contributed by atoms with Crippen molar-refractivity contribution in [2.75, 3.05) is 26.2 Å². The highest BCUT2D eigenvalue weighted by Gasteiger charge is 2.14. The number of benzene rings is 1. The first-order valence-electron chi connectivity index (χ1n) is 7.19. The van der Waals surface area contributed by atoms with Gasteiger partial charge in [0, 0.05) is 43.2 Å². The lowest BCUT2D eigenvalue weighted by molar-refractivity contribution is 0.233. The third kappa shape index (κ3) is 4.43. The van der Waals surface area contributed by atoms with Gasteiger partial charge in [0.15, 0.2) is 0 Å². The van der Waals surface area contributed by atoms with Gasteiger partial charge in [-0.15, -0.1) is 36.2 Å². The summed E-state index contributed by atoms with van der Waals surface area (Å²) in [6.07, 6.45) is 0. The molecule has 1 aromatic carbocycles. The molecule has 1 N–H and O–H groups in total. The molecular weight excluding hydrogens is 337 g/mol. The highest BCUT2D eigenvalue weighted by Crippen LogP contribution is 2.30. The molecular formula is C16H23Cl2N3S. The summed E-state index contributed by atoms with van der Waals surface area (Å²) in [4.78, 5) is 8.56. The Morgan fingerprint density at radius 3 is 2.45 bits per heavy atom. The summed E-state index contributed by atoms with van der Waals surface area (Å²) in [5, 5.41) is 4.56. The molecule has 2 heterocycles. The molecule has 0 saturated carbocycles. The standard InChI is InChI=1S/C16H21N3S.2ClH/c1-12-13(2)20-16(18-12)15-6-4-3-5-14(15)11-19-9-7-17-8-10-19;;/h3-6,17H,7-11H2,1-2H3;2*1H. The van der Waals surface area contributed by atoms with Crippen LogP contribution in [0.4, 0.5) is 0 Å². The predicted octanol–water partition coefficient (Wildman–Crippen LogP) is 3.68. The van der Waals surface area contributed by atoms with Crippen LogP contribution in [0.1, 0.15) is 16.1 Å². The number of halogens is 2. The van der Waals surface area contributed by atoms with Crippen molar-refractivity contribution in [2.45, 2.75) is 20.4 Å². The predicted molar refractivity (Wildman–Crippen MR) is 99.7 cm³/mol. The summed E-state index contributed by atoms with van der Waals surface area (Å²) >= 11 is 1.80. The third-order valence-corrected chi connectivity index (χ3v) is 4.99. The maximum absolute atomic E-state index is 4.72. The van der Waals surface area contributed by atoms with Crippen molar-refractivity contribution in [1.82, 2.24) is 15.2 Å². The van der Waals surface area contributed by atoms with Gasteiger partial charge >= 0.3 is 0 Å². The van der Waals surface area contributed by atoms with Gasteiger partial charge in [-0.05, 0) is 19.4 Å². The van der Waals surface area contributed by atoms with Gasteiger partial charge in [0.05, 0.1) is 5.69 Å². The van der Waals surface area contributed by atoms with Crippen molar-refractivity contribution in [3.63, 3.8) is 0 Å². The second kappa shape index (κ2) is 8.85. The van der Waals surface area contributed by atoms with Crippen molar-refractivity contribution < 1.29 is 0 Å². The summed E-state index contributed by atoms with van der Waals surface area (Å²) in [6, 6.07) is 8.69. The molecule has 0 amide bonds. The molecule has 0 spiro atoms. The van der Waals surface area contributed by atoms with E-state index in [2.05, 4.69) is 48.3 Å². The Kier molecular flexibility index (Phi) is 7.80. The second-order valence-electron chi connectivity index (χ2n) is 5.34. The maximum atomic E-state index is 4.72. The van der Waals surface area contributed by atoms with Crippen LogP contribution in [0.5, 0.6) is 0 Å². The molecule has 22 heavy (non-hydrogen) atoms. The smallest absolute Gasteiger partial charge is 0.124 e. The van der Waals surface area contributed by atoms with Crippen molar-refractivity contribution in [3.05, 3.63) is 40.4 Å². The Hall–Kier alpha value is -0.650. The largest absolute Gasteiger partial charge is 0.314 e. The molecule has 1 fully saturated rings. The molecule has 0 aliphatic carbocycles. The molecule has 3 rings (SSSR count). The van der Waals surface area contributed by atoms with Crippen molar-refractivity contribution in [3.8, 4) is 10.6 Å². The van der Waals surface area contributed by atoms with E-state index < -0.39 is 0 Å². The summed E-state index contributed by atoms with van der Waals surface area (Å²) in [5.74, 6) is 0. The van der Waals surface area contributed by atoms with Gasteiger partial charge in [-0.1, -0.05) is 24.3 Å². The highest BCUT2D eigenvalue weighted by atomic mass is 35.5. The van der Waals surface area contributed by atoms with E-state index in [4.69, 9.17) is 4.98 Å². The average Bonchev–Trinajstić information content (AvgIpc) is 2.80. The molecule has 0 bridgehead atoms. The lowest BCUT2D eigenvalue weighted by atomic mass is 10.1. The molecule has 1 aromatic heterocycles. The molecule has 6 heteroatoms. The van der Waals surface area contributed by atoms with Crippen LogP contribution < -0.4 is 5.32 Å². The van der Waals surface area contributed by atoms with Crippen LogP contribution >= 0.6 is 36.2 Å². The zero-order valence-electron chi connectivity index (χ0n) is 13.0. The van der Waals surface area contributed by atoms with E-state index in [1.165, 1.54) is 16.0 Å². The number of hydrogen-bond acceptors (Lipinski definition) is 4. The second-order valence-corrected chi connectivity index (χ2v) is 6.55. The number of nitrogens with zero attached hydrogens (tertiary/aromatic N) is 2. The summed E-state index contributed by atoms with van der Waals surface area (Å²) < 4.78 is 0. The quantitative estimate of drug-likeness (QED) is 0.905. The van der Waals surface area contributed by atoms with Crippen molar-refractivity contribution in [1.29, 1.82) is 0 Å². The van der Waals surface area contributed by atoms with Gasteiger partial charge < -0.3 is 5.32 Å². The van der Waals surface area contributed by atoms with Crippen LogP contribution in [0.2, 0.25) is 0 Å². The average molecular weight is 360 g/mol. The number of nitrogens with one attached hydrogen (secondary N) is 1. The van der Waals surface area contributed by atoms with E-state index in [1.54, 1.807) is 11.3 Å². The summed E-state index contributed by atoms with van der Waals surface area (Å²) in [7, 11) is 0. The lowest BCUT2D eigenvalue weighted by Gasteiger charge is -2.27. The number of thiazole rings is 1. The monoisotopic (exact) mass is 359 g/mol. The van der Waals surface area contributed by atoms with E-state index in [0.29, 0.717) is 0 Å². The van der Waals surface area contributed by atoms with Gasteiger partial charge in [-0.2, -0.15) is 0 Å². The topological polar surface area (TPSA) is 28.2 Å². The van der Waals surface area contributed by atoms with Crippen molar-refractivity contribution >= 4 is 36.2 Å². The van der Waals surface area contributed by atoms with Gasteiger partial charge in [0.25, 0.3) is 0 Å². The zero-order valence-corrected chi connectivity index (χ0v) is 15.4. The van der Waals surface area contributed by atoms with E-state index in [1.807, 2.05) is 0 Å². The van der Waals surface area contributed by atoms with Crippen LogP contribution in [-0.4, -0.2) is 36.1 Å². The molecule has 0 radical (unpaired) electrons. The highest BCUT2D eigenvalue weighted by molar-refractivity contribution is 7.15. The minimum Gasteiger partial charge on any atom is -0.314 e. The number of piperazine rings is 1. The Morgan fingerprint density at radius 1 is 1.14 bits per heavy atom. The molecule has 0 unspecified atom stereocenters. The fraction of sp³-hybridized carbons (Fsp3) is 0.438. The lowest BCUT2D eigenvalue weighted by Crippen LogP contribution is -2.42. The van der Waals surface area contributed by atoms with E-state index in [0.717, 1.165) is 43.4 Å². The van der Waals surface area contributed by atoms with Gasteiger partial charge in [0.2, 0.25) is 0 Å². The van der Waals surface area contributed by atoms with Crippen LogP contribution in [0.3, 0.4) is 0 Å². The van der Waals surface area contributed by atoms with Crippen LogP contribution in [-0.2, 0) is 6.54 Å². The SMILES string of the molecule is Cc1nc(-c2ccccc2CN2CCNCC2)sc1C.Cl.Cl. The third-order valence-electron chi connectivity index (χ3n) is 3.88. The Balaban J connectivity index is 0.00000121. The Bertz CT molecular complexity index is 575. The van der Waals surface area contributed by atoms with Crippen LogP contribution in [0.25, 0.3) is 10.6 Å². The molecule has 122 valence electrons. The van der Waals surface area contributed by atoms with Crippen LogP contribution in [0.15, 0.2) is 24.3 Å². The summed E-state index contributed by atoms with van der Waals surface area (Å²) in [5.41, 5.74) is 3.84. The minimum atomic E-state index is 0. The molecule has 2 aromatic rings. The Labute approximate surface area is 149 Å². The van der Waals surface area contributed by atoms with E-state index in [9.17, 15) is 0 Å². The number of aryl methyl sites for hydroxylation is 2. The first-order valence-corrected chi connectivity index (χ1v) is 8.01. The van der Waals surface area contributed by atoms with E-state index >= 15 is 0 Å². The van der Waals surface area contributed by atoms with E-state index in [-0.39, 0.29) is 24.8 Å². The van der Waals surface area contributed by atoms with Crippen LogP contribution in [0, 0.1) is 13.8 Å². The van der Waals surface area contributed by atoms with Gasteiger partial charge in [0.1, 0.15) is 5.01 Å². The molecule has 3 nitrogen and oxygen atoms in total. The molecule has 1 saturated heterocycles. The molecule has 0 atom stereocenters. The molecule has 1 aliphatic rings.